The van der Waals surface area contributed by atoms with Crippen LogP contribution in [-0.2, 0) is 16.1 Å². The molecule has 7 heteroatoms. The van der Waals surface area contributed by atoms with E-state index in [1.165, 1.54) is 19.2 Å². The minimum atomic E-state index is -0.496. The van der Waals surface area contributed by atoms with Gasteiger partial charge < -0.3 is 18.8 Å². The number of piperidine rings is 1. The Labute approximate surface area is 174 Å². The van der Waals surface area contributed by atoms with Crippen molar-refractivity contribution in [3.63, 3.8) is 0 Å². The highest BCUT2D eigenvalue weighted by Crippen LogP contribution is 2.27. The molecule has 1 aliphatic rings. The van der Waals surface area contributed by atoms with Gasteiger partial charge in [0.15, 0.2) is 0 Å². The fraction of sp³-hybridized carbons (Fsp3) is 0.391. The van der Waals surface area contributed by atoms with Crippen LogP contribution in [-0.4, -0.2) is 45.1 Å². The fourth-order valence-electron chi connectivity index (χ4n) is 4.54. The van der Waals surface area contributed by atoms with Crippen molar-refractivity contribution in [3.05, 3.63) is 54.1 Å². The molecule has 0 spiro atoms. The molecule has 0 saturated carbocycles. The highest BCUT2D eigenvalue weighted by molar-refractivity contribution is 5.96. The standard InChI is InChI=1S/C23H26FN3O3/c1-15-5-4-6-16(2)27(15)22(28)14-26-19-11-12-25(18-9-7-17(24)8-10-18)20(19)13-21(26)23(29)30-3/h7-13,15-16H,4-6,14H2,1-3H3/t15-,16-/m1/s1. The maximum atomic E-state index is 13.3. The Kier molecular flexibility index (Phi) is 5.37. The Morgan fingerprint density at radius 2 is 1.73 bits per heavy atom. The number of carbonyl (C=O) groups is 2. The number of ether oxygens (including phenoxy) is 1. The monoisotopic (exact) mass is 411 g/mol. The molecular weight excluding hydrogens is 385 g/mol. The lowest BCUT2D eigenvalue weighted by Crippen LogP contribution is -2.48. The fourth-order valence-corrected chi connectivity index (χ4v) is 4.54. The maximum Gasteiger partial charge on any atom is 0.354 e. The number of hydrogen-bond acceptors (Lipinski definition) is 3. The smallest absolute Gasteiger partial charge is 0.354 e. The number of nitrogens with zero attached hydrogens (tertiary/aromatic N) is 3. The van der Waals surface area contributed by atoms with E-state index in [0.29, 0.717) is 5.69 Å². The van der Waals surface area contributed by atoms with Gasteiger partial charge in [-0.1, -0.05) is 0 Å². The topological polar surface area (TPSA) is 56.5 Å². The summed E-state index contributed by atoms with van der Waals surface area (Å²) in [7, 11) is 1.33. The molecule has 158 valence electrons. The number of aromatic nitrogens is 2. The summed E-state index contributed by atoms with van der Waals surface area (Å²) in [6, 6.07) is 10.1. The van der Waals surface area contributed by atoms with E-state index in [0.717, 1.165) is 36.0 Å². The van der Waals surface area contributed by atoms with Gasteiger partial charge in [0.2, 0.25) is 5.91 Å². The number of halogens is 1. The molecule has 1 aliphatic heterocycles. The van der Waals surface area contributed by atoms with E-state index in [-0.39, 0.29) is 30.4 Å². The van der Waals surface area contributed by atoms with Gasteiger partial charge in [0.1, 0.15) is 18.1 Å². The Morgan fingerprint density at radius 1 is 1.07 bits per heavy atom. The van der Waals surface area contributed by atoms with Crippen LogP contribution in [0.2, 0.25) is 0 Å². The van der Waals surface area contributed by atoms with E-state index in [2.05, 4.69) is 13.8 Å². The summed E-state index contributed by atoms with van der Waals surface area (Å²) >= 11 is 0. The van der Waals surface area contributed by atoms with Crippen molar-refractivity contribution in [1.29, 1.82) is 0 Å². The maximum absolute atomic E-state index is 13.3. The van der Waals surface area contributed by atoms with Crippen LogP contribution in [0.25, 0.3) is 16.7 Å². The lowest BCUT2D eigenvalue weighted by Gasteiger charge is -2.39. The van der Waals surface area contributed by atoms with Crippen LogP contribution in [0.15, 0.2) is 42.6 Å². The molecule has 2 atom stereocenters. The van der Waals surface area contributed by atoms with Crippen LogP contribution in [0, 0.1) is 5.82 Å². The van der Waals surface area contributed by atoms with Gasteiger partial charge in [-0.15, -0.1) is 0 Å². The van der Waals surface area contributed by atoms with Crippen molar-refractivity contribution < 1.29 is 18.7 Å². The highest BCUT2D eigenvalue weighted by Gasteiger charge is 2.30. The zero-order chi connectivity index (χ0) is 21.4. The number of hydrogen-bond donors (Lipinski definition) is 0. The zero-order valence-electron chi connectivity index (χ0n) is 17.5. The van der Waals surface area contributed by atoms with Crippen LogP contribution in [0.3, 0.4) is 0 Å². The van der Waals surface area contributed by atoms with Gasteiger partial charge in [0.05, 0.1) is 18.1 Å². The third-order valence-corrected chi connectivity index (χ3v) is 6.03. The first-order valence-electron chi connectivity index (χ1n) is 10.3. The summed E-state index contributed by atoms with van der Waals surface area (Å²) < 4.78 is 21.9. The zero-order valence-corrected chi connectivity index (χ0v) is 17.5. The van der Waals surface area contributed by atoms with Crippen molar-refractivity contribution in [1.82, 2.24) is 14.0 Å². The summed E-state index contributed by atoms with van der Waals surface area (Å²) in [6.45, 7) is 4.21. The van der Waals surface area contributed by atoms with E-state index in [9.17, 15) is 14.0 Å². The molecule has 3 heterocycles. The molecule has 0 bridgehead atoms. The number of esters is 1. The summed E-state index contributed by atoms with van der Waals surface area (Å²) in [5, 5.41) is 0. The average Bonchev–Trinajstić information content (AvgIpc) is 3.28. The van der Waals surface area contributed by atoms with Crippen LogP contribution in [0.5, 0.6) is 0 Å². The summed E-state index contributed by atoms with van der Waals surface area (Å²) in [5.74, 6) is -0.818. The van der Waals surface area contributed by atoms with Crippen LogP contribution in [0.4, 0.5) is 4.39 Å². The minimum absolute atomic E-state index is 0.00751. The Morgan fingerprint density at radius 3 is 2.37 bits per heavy atom. The van der Waals surface area contributed by atoms with Crippen molar-refractivity contribution >= 4 is 22.9 Å². The summed E-state index contributed by atoms with van der Waals surface area (Å²) in [6.07, 6.45) is 4.95. The summed E-state index contributed by atoms with van der Waals surface area (Å²) in [4.78, 5) is 27.6. The molecule has 1 fully saturated rings. The van der Waals surface area contributed by atoms with Gasteiger partial charge in [0, 0.05) is 24.0 Å². The molecule has 2 aromatic heterocycles. The molecule has 6 nitrogen and oxygen atoms in total. The Hall–Kier alpha value is -3.09. The molecule has 3 aromatic rings. The first-order valence-corrected chi connectivity index (χ1v) is 10.3. The molecule has 0 radical (unpaired) electrons. The molecule has 1 saturated heterocycles. The lowest BCUT2D eigenvalue weighted by molar-refractivity contribution is -0.137. The van der Waals surface area contributed by atoms with Crippen molar-refractivity contribution in [2.75, 3.05) is 7.11 Å². The summed E-state index contributed by atoms with van der Waals surface area (Å²) in [5.41, 5.74) is 2.61. The van der Waals surface area contributed by atoms with Crippen molar-refractivity contribution in [2.24, 2.45) is 0 Å². The normalized spacial score (nSPS) is 19.3. The Bertz CT molecular complexity index is 1070. The SMILES string of the molecule is COC(=O)c1cc2c(ccn2-c2ccc(F)cc2)n1CC(=O)N1[C@H](C)CCC[C@H]1C. The largest absolute Gasteiger partial charge is 0.464 e. The first-order chi connectivity index (χ1) is 14.4. The van der Waals surface area contributed by atoms with Gasteiger partial charge in [0.25, 0.3) is 0 Å². The van der Waals surface area contributed by atoms with Crippen LogP contribution < -0.4 is 0 Å². The third kappa shape index (κ3) is 3.49. The predicted octanol–water partition coefficient (Wildman–Crippen LogP) is 4.15. The second-order valence-electron chi connectivity index (χ2n) is 7.97. The third-order valence-electron chi connectivity index (χ3n) is 6.03. The molecule has 0 N–H and O–H groups in total. The number of carbonyl (C=O) groups excluding carboxylic acids is 2. The van der Waals surface area contributed by atoms with Crippen molar-refractivity contribution in [3.8, 4) is 5.69 Å². The second-order valence-corrected chi connectivity index (χ2v) is 7.97. The van der Waals surface area contributed by atoms with E-state index >= 15 is 0 Å². The lowest BCUT2D eigenvalue weighted by atomic mass is 9.97. The molecule has 0 unspecified atom stereocenters. The second kappa shape index (κ2) is 7.97. The van der Waals surface area contributed by atoms with Crippen LogP contribution in [0.1, 0.15) is 43.6 Å². The van der Waals surface area contributed by atoms with E-state index < -0.39 is 5.97 Å². The van der Waals surface area contributed by atoms with Gasteiger partial charge >= 0.3 is 5.97 Å². The minimum Gasteiger partial charge on any atom is -0.464 e. The highest BCUT2D eigenvalue weighted by atomic mass is 19.1. The van der Waals surface area contributed by atoms with E-state index in [1.54, 1.807) is 22.8 Å². The number of methoxy groups -OCH3 is 1. The van der Waals surface area contributed by atoms with Gasteiger partial charge in [-0.2, -0.15) is 0 Å². The van der Waals surface area contributed by atoms with Crippen LogP contribution >= 0.6 is 0 Å². The van der Waals surface area contributed by atoms with Crippen molar-refractivity contribution in [2.45, 2.75) is 51.7 Å². The molecule has 4 rings (SSSR count). The molecule has 30 heavy (non-hydrogen) atoms. The molecule has 1 aromatic carbocycles. The van der Waals surface area contributed by atoms with E-state index in [4.69, 9.17) is 4.74 Å². The number of benzene rings is 1. The molecular formula is C23H26FN3O3. The Balaban J connectivity index is 1.75. The number of amides is 1. The predicted molar refractivity (Wildman–Crippen MR) is 112 cm³/mol. The molecule has 0 aliphatic carbocycles. The number of fused-ring (bicyclic) bond motifs is 1. The van der Waals surface area contributed by atoms with E-state index in [1.807, 2.05) is 21.7 Å². The number of rotatable bonds is 4. The molecule has 1 amide bonds. The average molecular weight is 411 g/mol. The van der Waals surface area contributed by atoms with Gasteiger partial charge in [-0.05, 0) is 69.5 Å². The van der Waals surface area contributed by atoms with Gasteiger partial charge in [-0.3, -0.25) is 4.79 Å². The van der Waals surface area contributed by atoms with Gasteiger partial charge in [-0.25, -0.2) is 9.18 Å². The first kappa shape index (κ1) is 20.2. The number of likely N-dealkylation sites (tertiary alicyclic amines) is 1. The quantitative estimate of drug-likeness (QED) is 0.606.